The van der Waals surface area contributed by atoms with Crippen LogP contribution in [0.4, 0.5) is 0 Å². The fourth-order valence-corrected chi connectivity index (χ4v) is 3.72. The molecular formula is C23H27ClN4O. The predicted molar refractivity (Wildman–Crippen MR) is 118 cm³/mol. The van der Waals surface area contributed by atoms with Crippen LogP contribution in [0.2, 0.25) is 5.02 Å². The first kappa shape index (κ1) is 20.1. The van der Waals surface area contributed by atoms with Crippen LogP contribution in [-0.2, 0) is 11.3 Å². The Labute approximate surface area is 177 Å². The predicted octanol–water partition coefficient (Wildman–Crippen LogP) is 3.96. The number of benzene rings is 2. The van der Waals surface area contributed by atoms with E-state index in [0.717, 1.165) is 67.9 Å². The van der Waals surface area contributed by atoms with E-state index in [1.54, 1.807) is 0 Å². The molecule has 2 aromatic carbocycles. The highest BCUT2D eigenvalue weighted by molar-refractivity contribution is 6.30. The topological polar surface area (TPSA) is 33.5 Å². The van der Waals surface area contributed by atoms with Crippen LogP contribution in [-0.4, -0.2) is 66.0 Å². The Morgan fingerprint density at radius 1 is 1.03 bits per heavy atom. The van der Waals surface area contributed by atoms with Crippen molar-refractivity contribution in [3.05, 3.63) is 71.4 Å². The maximum Gasteiger partial charge on any atom is 0.0972 e. The highest BCUT2D eigenvalue weighted by Gasteiger charge is 2.16. The van der Waals surface area contributed by atoms with Gasteiger partial charge < -0.3 is 9.64 Å². The van der Waals surface area contributed by atoms with Gasteiger partial charge in [-0.25, -0.2) is 4.68 Å². The molecule has 3 aromatic rings. The Morgan fingerprint density at radius 2 is 1.76 bits per heavy atom. The molecule has 1 aromatic heterocycles. The van der Waals surface area contributed by atoms with Gasteiger partial charge in [-0.2, -0.15) is 5.10 Å². The van der Waals surface area contributed by atoms with E-state index in [4.69, 9.17) is 21.4 Å². The van der Waals surface area contributed by atoms with E-state index in [0.29, 0.717) is 0 Å². The Kier molecular flexibility index (Phi) is 6.62. The molecule has 0 radical (unpaired) electrons. The van der Waals surface area contributed by atoms with Gasteiger partial charge in [0.05, 0.1) is 24.6 Å². The molecule has 0 aliphatic carbocycles. The van der Waals surface area contributed by atoms with Gasteiger partial charge in [-0.15, -0.1) is 0 Å². The van der Waals surface area contributed by atoms with E-state index in [9.17, 15) is 0 Å². The van der Waals surface area contributed by atoms with E-state index < -0.39 is 0 Å². The summed E-state index contributed by atoms with van der Waals surface area (Å²) in [6, 6.07) is 18.2. The summed E-state index contributed by atoms with van der Waals surface area (Å²) in [5.41, 5.74) is 4.36. The Bertz CT molecular complexity index is 904. The van der Waals surface area contributed by atoms with Crippen LogP contribution in [0.25, 0.3) is 16.9 Å². The van der Waals surface area contributed by atoms with Crippen LogP contribution in [0.1, 0.15) is 5.56 Å². The van der Waals surface area contributed by atoms with Crippen LogP contribution in [0, 0.1) is 0 Å². The molecule has 0 saturated carbocycles. The zero-order chi connectivity index (χ0) is 20.1. The Balaban J connectivity index is 1.53. The quantitative estimate of drug-likeness (QED) is 0.590. The summed E-state index contributed by atoms with van der Waals surface area (Å²) in [5, 5.41) is 5.64. The van der Waals surface area contributed by atoms with Crippen molar-refractivity contribution in [1.82, 2.24) is 19.6 Å². The van der Waals surface area contributed by atoms with Gasteiger partial charge >= 0.3 is 0 Å². The molecule has 1 fully saturated rings. The SMILES string of the molecule is CN(CCN1CCOCC1)Cc1cn(-c2ccccc2)nc1-c1ccc(Cl)cc1. The van der Waals surface area contributed by atoms with Crippen LogP contribution in [0.3, 0.4) is 0 Å². The number of morpholine rings is 1. The molecule has 0 unspecified atom stereocenters. The van der Waals surface area contributed by atoms with Crippen molar-refractivity contribution < 1.29 is 4.74 Å². The Hall–Kier alpha value is -2.18. The lowest BCUT2D eigenvalue weighted by molar-refractivity contribution is 0.0342. The molecule has 1 aliphatic rings. The van der Waals surface area contributed by atoms with E-state index in [1.807, 2.05) is 47.1 Å². The van der Waals surface area contributed by atoms with Gasteiger partial charge in [0.2, 0.25) is 0 Å². The monoisotopic (exact) mass is 410 g/mol. The molecule has 2 heterocycles. The first-order chi connectivity index (χ1) is 14.2. The fourth-order valence-electron chi connectivity index (χ4n) is 3.60. The van der Waals surface area contributed by atoms with Gasteiger partial charge in [0.25, 0.3) is 0 Å². The van der Waals surface area contributed by atoms with Gasteiger partial charge in [0.15, 0.2) is 0 Å². The molecular weight excluding hydrogens is 384 g/mol. The minimum absolute atomic E-state index is 0.737. The maximum absolute atomic E-state index is 6.09. The maximum atomic E-state index is 6.09. The lowest BCUT2D eigenvalue weighted by Crippen LogP contribution is -2.40. The second-order valence-corrected chi connectivity index (χ2v) is 7.92. The summed E-state index contributed by atoms with van der Waals surface area (Å²) >= 11 is 6.09. The van der Waals surface area contributed by atoms with Crippen LogP contribution >= 0.6 is 11.6 Å². The molecule has 5 nitrogen and oxygen atoms in total. The summed E-state index contributed by atoms with van der Waals surface area (Å²) < 4.78 is 7.41. The number of rotatable bonds is 7. The smallest absolute Gasteiger partial charge is 0.0972 e. The van der Waals surface area contributed by atoms with Crippen molar-refractivity contribution in [2.45, 2.75) is 6.54 Å². The third kappa shape index (κ3) is 5.25. The number of halogens is 1. The molecule has 0 atom stereocenters. The van der Waals surface area contributed by atoms with Crippen LogP contribution < -0.4 is 0 Å². The lowest BCUT2D eigenvalue weighted by Gasteiger charge is -2.28. The minimum atomic E-state index is 0.737. The number of hydrogen-bond acceptors (Lipinski definition) is 4. The molecule has 0 amide bonds. The summed E-state index contributed by atoms with van der Waals surface area (Å²) in [7, 11) is 2.17. The fraction of sp³-hybridized carbons (Fsp3) is 0.348. The van der Waals surface area contributed by atoms with Gasteiger partial charge in [-0.05, 0) is 31.3 Å². The molecule has 4 rings (SSSR count). The van der Waals surface area contributed by atoms with Gasteiger partial charge in [0.1, 0.15) is 0 Å². The highest BCUT2D eigenvalue weighted by atomic mass is 35.5. The molecule has 1 saturated heterocycles. The number of hydrogen-bond donors (Lipinski definition) is 0. The van der Waals surface area contributed by atoms with Gasteiger partial charge in [0, 0.05) is 55.1 Å². The van der Waals surface area contributed by atoms with Crippen molar-refractivity contribution >= 4 is 11.6 Å². The molecule has 29 heavy (non-hydrogen) atoms. The summed E-state index contributed by atoms with van der Waals surface area (Å²) in [6.45, 7) is 6.64. The van der Waals surface area contributed by atoms with Crippen molar-refractivity contribution in [2.75, 3.05) is 46.4 Å². The summed E-state index contributed by atoms with van der Waals surface area (Å²) in [6.07, 6.45) is 2.14. The summed E-state index contributed by atoms with van der Waals surface area (Å²) in [5.74, 6) is 0. The van der Waals surface area contributed by atoms with Gasteiger partial charge in [-0.3, -0.25) is 4.90 Å². The van der Waals surface area contributed by atoms with E-state index in [-0.39, 0.29) is 0 Å². The number of nitrogens with zero attached hydrogens (tertiary/aromatic N) is 4. The number of likely N-dealkylation sites (N-methyl/N-ethyl adjacent to an activating group) is 1. The number of aromatic nitrogens is 2. The van der Waals surface area contributed by atoms with Crippen LogP contribution in [0.15, 0.2) is 60.8 Å². The zero-order valence-corrected chi connectivity index (χ0v) is 17.6. The second-order valence-electron chi connectivity index (χ2n) is 7.48. The molecule has 0 spiro atoms. The first-order valence-corrected chi connectivity index (χ1v) is 10.5. The largest absolute Gasteiger partial charge is 0.379 e. The van der Waals surface area contributed by atoms with Crippen molar-refractivity contribution in [1.29, 1.82) is 0 Å². The number of ether oxygens (including phenoxy) is 1. The van der Waals surface area contributed by atoms with Crippen molar-refractivity contribution in [3.63, 3.8) is 0 Å². The summed E-state index contributed by atoms with van der Waals surface area (Å²) in [4.78, 5) is 4.83. The van der Waals surface area contributed by atoms with E-state index in [2.05, 4.69) is 35.2 Å². The van der Waals surface area contributed by atoms with Crippen molar-refractivity contribution in [2.24, 2.45) is 0 Å². The van der Waals surface area contributed by atoms with Crippen molar-refractivity contribution in [3.8, 4) is 16.9 Å². The molecule has 1 aliphatic heterocycles. The van der Waals surface area contributed by atoms with Crippen LogP contribution in [0.5, 0.6) is 0 Å². The average Bonchev–Trinajstić information content (AvgIpc) is 3.18. The molecule has 0 N–H and O–H groups in total. The highest BCUT2D eigenvalue weighted by Crippen LogP contribution is 2.26. The lowest BCUT2D eigenvalue weighted by atomic mass is 10.1. The zero-order valence-electron chi connectivity index (χ0n) is 16.8. The third-order valence-corrected chi connectivity index (χ3v) is 5.52. The third-order valence-electron chi connectivity index (χ3n) is 5.27. The normalized spacial score (nSPS) is 15.1. The number of para-hydroxylation sites is 1. The standard InChI is InChI=1S/C23H27ClN4O/c1-26(11-12-27-13-15-29-16-14-27)17-20-18-28(22-5-3-2-4-6-22)25-23(20)19-7-9-21(24)10-8-19/h2-10,18H,11-17H2,1H3. The van der Waals surface area contributed by atoms with Gasteiger partial charge in [-0.1, -0.05) is 41.9 Å². The van der Waals surface area contributed by atoms with E-state index >= 15 is 0 Å². The Morgan fingerprint density at radius 3 is 2.48 bits per heavy atom. The molecule has 0 bridgehead atoms. The molecule has 152 valence electrons. The second kappa shape index (κ2) is 9.55. The first-order valence-electron chi connectivity index (χ1n) is 10.1. The molecule has 6 heteroatoms. The minimum Gasteiger partial charge on any atom is -0.379 e. The van der Waals surface area contributed by atoms with E-state index in [1.165, 1.54) is 5.56 Å². The average molecular weight is 411 g/mol.